The predicted molar refractivity (Wildman–Crippen MR) is 131 cm³/mol. The van der Waals surface area contributed by atoms with Gasteiger partial charge in [0.1, 0.15) is 0 Å². The minimum absolute atomic E-state index is 0.137. The third-order valence-corrected chi connectivity index (χ3v) is 4.79. The zero-order valence-corrected chi connectivity index (χ0v) is 20.1. The van der Waals surface area contributed by atoms with Gasteiger partial charge in [-0.25, -0.2) is 0 Å². The van der Waals surface area contributed by atoms with Gasteiger partial charge in [-0.3, -0.25) is 0 Å². The summed E-state index contributed by atoms with van der Waals surface area (Å²) >= 11 is 0. The van der Waals surface area contributed by atoms with Crippen LogP contribution in [0, 0.1) is 0 Å². The van der Waals surface area contributed by atoms with Crippen molar-refractivity contribution in [1.82, 2.24) is 0 Å². The fraction of sp³-hybridized carbons (Fsp3) is 0.455. The van der Waals surface area contributed by atoms with Crippen LogP contribution in [-0.4, -0.2) is 12.2 Å². The van der Waals surface area contributed by atoms with Crippen molar-refractivity contribution in [3.63, 3.8) is 0 Å². The van der Waals surface area contributed by atoms with E-state index in [2.05, 4.69) is 105 Å². The van der Waals surface area contributed by atoms with Crippen LogP contribution in [0.5, 0.6) is 0 Å². The maximum atomic E-state index is 5.75. The second kappa shape index (κ2) is 21.9. The summed E-state index contributed by atoms with van der Waals surface area (Å²) in [5, 5.41) is 0. The van der Waals surface area contributed by atoms with E-state index in [1.807, 2.05) is 0 Å². The normalized spacial score (nSPS) is 16.0. The molecule has 0 aliphatic carbocycles. The SMILES string of the molecule is CC/C=C\C/C=C\CC(/C=C\C=C/C/C=C\C=C\C(CCC)OP)OPP. The molecule has 5 atom stereocenters. The topological polar surface area (TPSA) is 18.5 Å². The van der Waals surface area contributed by atoms with E-state index < -0.39 is 0 Å². The Balaban J connectivity index is 4.15. The van der Waals surface area contributed by atoms with Crippen LogP contribution in [0.15, 0.2) is 72.9 Å². The molecule has 0 amide bonds. The number of hydrogen-bond donors (Lipinski definition) is 0. The Hall–Kier alpha value is -0.350. The summed E-state index contributed by atoms with van der Waals surface area (Å²) in [6.45, 7) is 4.31. The molecule has 27 heavy (non-hydrogen) atoms. The molecule has 2 nitrogen and oxygen atoms in total. The van der Waals surface area contributed by atoms with E-state index in [1.54, 1.807) is 0 Å². The first kappa shape index (κ1) is 26.6. The maximum absolute atomic E-state index is 5.75. The smallest absolute Gasteiger partial charge is 0.0836 e. The quantitative estimate of drug-likeness (QED) is 0.143. The number of hydrogen-bond acceptors (Lipinski definition) is 2. The molecule has 0 N–H and O–H groups in total. The molecule has 5 unspecified atom stereocenters. The largest absolute Gasteiger partial charge is 0.358 e. The summed E-state index contributed by atoms with van der Waals surface area (Å²) in [5.74, 6) is 0. The summed E-state index contributed by atoms with van der Waals surface area (Å²) < 4.78 is 11.0. The van der Waals surface area contributed by atoms with Gasteiger partial charge in [0.25, 0.3) is 0 Å². The van der Waals surface area contributed by atoms with Gasteiger partial charge < -0.3 is 9.05 Å². The highest BCUT2D eigenvalue weighted by atomic mass is 32.0. The summed E-state index contributed by atoms with van der Waals surface area (Å²) in [5.41, 5.74) is 0. The third kappa shape index (κ3) is 18.8. The van der Waals surface area contributed by atoms with Crippen molar-refractivity contribution in [3.8, 4) is 0 Å². The van der Waals surface area contributed by atoms with Crippen LogP contribution in [0.25, 0.3) is 0 Å². The Bertz CT molecular complexity index is 494. The molecule has 5 heteroatoms. The predicted octanol–water partition coefficient (Wildman–Crippen LogP) is 7.65. The Morgan fingerprint density at radius 1 is 0.815 bits per heavy atom. The van der Waals surface area contributed by atoms with Crippen molar-refractivity contribution >= 4 is 26.9 Å². The minimum Gasteiger partial charge on any atom is -0.358 e. The zero-order chi connectivity index (χ0) is 20.0. The van der Waals surface area contributed by atoms with Gasteiger partial charge >= 0.3 is 0 Å². The van der Waals surface area contributed by atoms with Gasteiger partial charge in [0, 0.05) is 18.0 Å². The maximum Gasteiger partial charge on any atom is 0.0836 e. The van der Waals surface area contributed by atoms with Gasteiger partial charge in [0.2, 0.25) is 0 Å². The minimum atomic E-state index is 0.137. The van der Waals surface area contributed by atoms with Gasteiger partial charge in [-0.05, 0) is 32.1 Å². The highest BCUT2D eigenvalue weighted by Gasteiger charge is 2.00. The van der Waals surface area contributed by atoms with Gasteiger partial charge in [-0.2, -0.15) is 0 Å². The van der Waals surface area contributed by atoms with Crippen molar-refractivity contribution in [1.29, 1.82) is 0 Å². The van der Waals surface area contributed by atoms with Crippen molar-refractivity contribution in [2.24, 2.45) is 0 Å². The molecule has 0 radical (unpaired) electrons. The van der Waals surface area contributed by atoms with Crippen molar-refractivity contribution < 1.29 is 9.05 Å². The standard InChI is InChI=1S/C22H37O2P3/c1-3-5-6-7-11-15-19-22(24-27-26)20-16-13-10-8-9-12-14-18-21(23-25)17-4-2/h5-6,9-16,18,20-22,27H,3-4,7-8,17,19,25-26H2,1-2H3/b6-5-,12-9-,13-10-,15-11-,18-14+,20-16-. The Labute approximate surface area is 173 Å². The zero-order valence-electron chi connectivity index (χ0n) is 16.8. The Morgan fingerprint density at radius 2 is 1.44 bits per heavy atom. The molecule has 0 aromatic carbocycles. The summed E-state index contributed by atoms with van der Waals surface area (Å²) in [6.07, 6.45) is 32.0. The lowest BCUT2D eigenvalue weighted by molar-refractivity contribution is 0.279. The van der Waals surface area contributed by atoms with Gasteiger partial charge in [-0.1, -0.05) is 102 Å². The third-order valence-electron chi connectivity index (χ3n) is 3.60. The van der Waals surface area contributed by atoms with E-state index in [-0.39, 0.29) is 12.2 Å². The van der Waals surface area contributed by atoms with Crippen molar-refractivity contribution in [3.05, 3.63) is 72.9 Å². The van der Waals surface area contributed by atoms with Crippen molar-refractivity contribution in [2.75, 3.05) is 0 Å². The first-order valence-corrected chi connectivity index (χ1v) is 12.9. The molecule has 0 spiro atoms. The molecule has 0 bridgehead atoms. The molecule has 0 rings (SSSR count). The highest BCUT2D eigenvalue weighted by Crippen LogP contribution is 2.25. The van der Waals surface area contributed by atoms with Crippen LogP contribution >= 0.6 is 26.9 Å². The van der Waals surface area contributed by atoms with Gasteiger partial charge in [-0.15, -0.1) is 0 Å². The van der Waals surface area contributed by atoms with Gasteiger partial charge in [0.15, 0.2) is 0 Å². The molecule has 0 fully saturated rings. The lowest BCUT2D eigenvalue weighted by Crippen LogP contribution is -2.01. The van der Waals surface area contributed by atoms with Crippen LogP contribution in [-0.2, 0) is 9.05 Å². The molecule has 0 aliphatic rings. The fourth-order valence-electron chi connectivity index (χ4n) is 2.18. The second-order valence-electron chi connectivity index (χ2n) is 5.92. The van der Waals surface area contributed by atoms with E-state index in [0.29, 0.717) is 8.50 Å². The molecule has 0 aromatic heterocycles. The van der Waals surface area contributed by atoms with E-state index >= 15 is 0 Å². The molecule has 0 saturated heterocycles. The van der Waals surface area contributed by atoms with E-state index in [1.165, 1.54) is 0 Å². The van der Waals surface area contributed by atoms with E-state index in [4.69, 9.17) is 9.05 Å². The summed E-state index contributed by atoms with van der Waals surface area (Å²) in [4.78, 5) is 0. The summed E-state index contributed by atoms with van der Waals surface area (Å²) in [7, 11) is 5.41. The van der Waals surface area contributed by atoms with Crippen LogP contribution in [0.4, 0.5) is 0 Å². The first-order chi connectivity index (χ1) is 13.3. The molecule has 0 aromatic rings. The fourth-order valence-corrected chi connectivity index (χ4v) is 3.29. The van der Waals surface area contributed by atoms with Crippen molar-refractivity contribution in [2.45, 2.75) is 64.6 Å². The van der Waals surface area contributed by atoms with Gasteiger partial charge in [0.05, 0.1) is 12.2 Å². The average molecular weight is 426 g/mol. The highest BCUT2D eigenvalue weighted by molar-refractivity contribution is 8.00. The lowest BCUT2D eigenvalue weighted by atomic mass is 10.2. The number of rotatable bonds is 16. The monoisotopic (exact) mass is 426 g/mol. The Morgan fingerprint density at radius 3 is 2.04 bits per heavy atom. The van der Waals surface area contributed by atoms with Crippen LogP contribution in [0.2, 0.25) is 0 Å². The average Bonchev–Trinajstić information content (AvgIpc) is 2.68. The first-order valence-electron chi connectivity index (χ1n) is 9.71. The molecule has 152 valence electrons. The lowest BCUT2D eigenvalue weighted by Gasteiger charge is -2.09. The van der Waals surface area contributed by atoms with Crippen LogP contribution in [0.3, 0.4) is 0 Å². The molecule has 0 heterocycles. The molecular weight excluding hydrogens is 389 g/mol. The van der Waals surface area contributed by atoms with Crippen LogP contribution < -0.4 is 0 Å². The van der Waals surface area contributed by atoms with E-state index in [9.17, 15) is 0 Å². The molecular formula is C22H37O2P3. The molecule has 0 aliphatic heterocycles. The van der Waals surface area contributed by atoms with Crippen LogP contribution in [0.1, 0.15) is 52.4 Å². The summed E-state index contributed by atoms with van der Waals surface area (Å²) in [6, 6.07) is 0. The van der Waals surface area contributed by atoms with E-state index in [0.717, 1.165) is 38.5 Å². The number of allylic oxidation sites excluding steroid dienone is 9. The molecule has 0 saturated carbocycles. The second-order valence-corrected chi connectivity index (χ2v) is 7.37. The Kier molecular flexibility index (Phi) is 21.7.